The topological polar surface area (TPSA) is 12.5 Å². The highest BCUT2D eigenvalue weighted by molar-refractivity contribution is 5.76. The van der Waals surface area contributed by atoms with Gasteiger partial charge in [-0.2, -0.15) is 0 Å². The lowest BCUT2D eigenvalue weighted by Gasteiger charge is -2.20. The van der Waals surface area contributed by atoms with Crippen LogP contribution in [-0.2, 0) is 19.3 Å². The number of benzene rings is 5. The number of anilines is 2. The first-order chi connectivity index (χ1) is 21.6. The van der Waals surface area contributed by atoms with Crippen LogP contribution in [0.2, 0.25) is 0 Å². The van der Waals surface area contributed by atoms with Gasteiger partial charge in [-0.05, 0) is 126 Å². The second-order valence-corrected chi connectivity index (χ2v) is 12.5. The summed E-state index contributed by atoms with van der Waals surface area (Å²) in [7, 11) is 2.12. The molecule has 2 nitrogen and oxygen atoms in total. The Morgan fingerprint density at radius 2 is 1.32 bits per heavy atom. The Balaban J connectivity index is 1.14. The van der Waals surface area contributed by atoms with Crippen LogP contribution in [0.1, 0.15) is 54.9 Å². The maximum absolute atomic E-state index is 6.57. The van der Waals surface area contributed by atoms with Gasteiger partial charge < -0.3 is 9.64 Å². The van der Waals surface area contributed by atoms with Crippen LogP contribution < -0.4 is 9.64 Å². The van der Waals surface area contributed by atoms with Crippen molar-refractivity contribution < 1.29 is 4.74 Å². The molecule has 0 saturated heterocycles. The molecule has 0 spiro atoms. The molecule has 44 heavy (non-hydrogen) atoms. The molecule has 0 bridgehead atoms. The minimum absolute atomic E-state index is 0.561. The van der Waals surface area contributed by atoms with Crippen molar-refractivity contribution in [2.45, 2.75) is 58.8 Å². The van der Waals surface area contributed by atoms with Crippen molar-refractivity contribution in [1.82, 2.24) is 0 Å². The van der Waals surface area contributed by atoms with E-state index >= 15 is 0 Å². The van der Waals surface area contributed by atoms with Gasteiger partial charge in [0.2, 0.25) is 0 Å². The van der Waals surface area contributed by atoms with Gasteiger partial charge in [0.05, 0.1) is 6.61 Å². The Hall–Kier alpha value is -4.30. The van der Waals surface area contributed by atoms with Crippen LogP contribution in [0.25, 0.3) is 22.3 Å². The monoisotopic (exact) mass is 579 g/mol. The van der Waals surface area contributed by atoms with Crippen LogP contribution in [0.15, 0.2) is 115 Å². The van der Waals surface area contributed by atoms with Crippen molar-refractivity contribution >= 4 is 11.4 Å². The lowest BCUT2D eigenvalue weighted by molar-refractivity contribution is 0.233. The van der Waals surface area contributed by atoms with E-state index in [9.17, 15) is 0 Å². The molecular formula is C42H45NO. The molecule has 1 unspecified atom stereocenters. The molecule has 0 saturated carbocycles. The summed E-state index contributed by atoms with van der Waals surface area (Å²) in [5.41, 5.74) is 13.0. The van der Waals surface area contributed by atoms with E-state index in [4.69, 9.17) is 4.74 Å². The van der Waals surface area contributed by atoms with Crippen molar-refractivity contribution in [3.63, 3.8) is 0 Å². The summed E-state index contributed by atoms with van der Waals surface area (Å²) in [6, 6.07) is 42.0. The van der Waals surface area contributed by atoms with Crippen molar-refractivity contribution in [2.75, 3.05) is 18.6 Å². The number of ether oxygens (including phenoxy) is 1. The summed E-state index contributed by atoms with van der Waals surface area (Å²) < 4.78 is 6.57. The maximum atomic E-state index is 6.57. The van der Waals surface area contributed by atoms with Crippen LogP contribution in [-0.4, -0.2) is 13.7 Å². The second-order valence-electron chi connectivity index (χ2n) is 12.5. The van der Waals surface area contributed by atoms with Gasteiger partial charge in [0, 0.05) is 18.4 Å². The van der Waals surface area contributed by atoms with E-state index in [0.717, 1.165) is 24.5 Å². The van der Waals surface area contributed by atoms with Crippen LogP contribution in [0.3, 0.4) is 0 Å². The molecule has 0 radical (unpaired) electrons. The number of rotatable bonds is 13. The van der Waals surface area contributed by atoms with Gasteiger partial charge in [0.1, 0.15) is 5.75 Å². The van der Waals surface area contributed by atoms with E-state index in [1.54, 1.807) is 11.1 Å². The number of aryl methyl sites for hydroxylation is 4. The molecule has 5 aromatic rings. The van der Waals surface area contributed by atoms with Gasteiger partial charge >= 0.3 is 0 Å². The molecule has 5 aromatic carbocycles. The zero-order valence-corrected chi connectivity index (χ0v) is 26.6. The average molecular weight is 580 g/mol. The van der Waals surface area contributed by atoms with Gasteiger partial charge in [-0.3, -0.25) is 0 Å². The molecule has 0 heterocycles. The highest BCUT2D eigenvalue weighted by atomic mass is 16.5. The molecule has 1 atom stereocenters. The molecule has 0 aromatic heterocycles. The summed E-state index contributed by atoms with van der Waals surface area (Å²) in [6.45, 7) is 5.19. The van der Waals surface area contributed by atoms with E-state index in [2.05, 4.69) is 141 Å². The van der Waals surface area contributed by atoms with E-state index in [-0.39, 0.29) is 0 Å². The fourth-order valence-electron chi connectivity index (χ4n) is 6.23. The largest absolute Gasteiger partial charge is 0.493 e. The van der Waals surface area contributed by atoms with E-state index in [1.165, 1.54) is 77.6 Å². The molecule has 6 rings (SSSR count). The van der Waals surface area contributed by atoms with E-state index in [0.29, 0.717) is 5.92 Å². The number of hydrogen-bond acceptors (Lipinski definition) is 2. The van der Waals surface area contributed by atoms with E-state index < -0.39 is 0 Å². The van der Waals surface area contributed by atoms with Crippen LogP contribution >= 0.6 is 0 Å². The zero-order valence-electron chi connectivity index (χ0n) is 26.6. The molecule has 0 aliphatic heterocycles. The van der Waals surface area contributed by atoms with Crippen molar-refractivity contribution in [2.24, 2.45) is 5.92 Å². The molecule has 224 valence electrons. The smallest absolute Gasteiger partial charge is 0.120 e. The predicted octanol–water partition coefficient (Wildman–Crippen LogP) is 11.0. The van der Waals surface area contributed by atoms with E-state index in [1.807, 2.05) is 0 Å². The van der Waals surface area contributed by atoms with Crippen molar-refractivity contribution in [1.29, 1.82) is 0 Å². The fraction of sp³-hybridized carbons (Fsp3) is 0.286. The normalized spacial score (nSPS) is 12.7. The highest BCUT2D eigenvalue weighted by Crippen LogP contribution is 2.34. The molecule has 0 amide bonds. The quantitative estimate of drug-likeness (QED) is 0.129. The Morgan fingerprint density at radius 1 is 0.659 bits per heavy atom. The molecule has 1 aliphatic rings. The first kappa shape index (κ1) is 29.8. The third-order valence-corrected chi connectivity index (χ3v) is 9.35. The number of hydrogen-bond donors (Lipinski definition) is 0. The fourth-order valence-corrected chi connectivity index (χ4v) is 6.23. The average Bonchev–Trinajstić information content (AvgIpc) is 3.06. The third-order valence-electron chi connectivity index (χ3n) is 9.35. The van der Waals surface area contributed by atoms with Crippen LogP contribution in [0, 0.1) is 12.8 Å². The number of nitrogens with zero attached hydrogens (tertiary/aromatic N) is 1. The van der Waals surface area contributed by atoms with Gasteiger partial charge in [0.25, 0.3) is 0 Å². The first-order valence-electron chi connectivity index (χ1n) is 16.4. The Bertz CT molecular complexity index is 1650. The predicted molar refractivity (Wildman–Crippen MR) is 187 cm³/mol. The summed E-state index contributed by atoms with van der Waals surface area (Å²) in [5.74, 6) is 1.51. The molecule has 0 fully saturated rings. The summed E-state index contributed by atoms with van der Waals surface area (Å²) in [5, 5.41) is 0. The standard InChI is InChI=1S/C42H45NO/c1-4-32(10-8-9-11-33-16-19-34-20-21-37(34)26-33)30-44-42-28-38(35-17-14-31(2)15-18-35)27-39(29-42)36-22-24-41(25-23-36)43(3)40-12-6-5-7-13-40/h5-7,12-19,22-29,32H,4,8-11,20-21,30H2,1-3H3. The minimum atomic E-state index is 0.561. The van der Waals surface area contributed by atoms with Gasteiger partial charge in [0.15, 0.2) is 0 Å². The lowest BCUT2D eigenvalue weighted by atomic mass is 9.86. The number of fused-ring (bicyclic) bond motifs is 1. The van der Waals surface area contributed by atoms with Gasteiger partial charge in [-0.1, -0.05) is 98.1 Å². The Morgan fingerprint density at radius 3 is 1.95 bits per heavy atom. The third kappa shape index (κ3) is 7.25. The zero-order chi connectivity index (χ0) is 30.3. The van der Waals surface area contributed by atoms with Gasteiger partial charge in [-0.15, -0.1) is 0 Å². The van der Waals surface area contributed by atoms with Crippen LogP contribution in [0.4, 0.5) is 11.4 Å². The SMILES string of the molecule is CCC(CCCCc1ccc2c(c1)CC2)COc1cc(-c2ccc(C)cc2)cc(-c2ccc(N(C)c3ccccc3)cc2)c1. The number of para-hydroxylation sites is 1. The Labute approximate surface area is 264 Å². The molecule has 1 aliphatic carbocycles. The molecule has 0 N–H and O–H groups in total. The molecule has 2 heteroatoms. The first-order valence-corrected chi connectivity index (χ1v) is 16.4. The second kappa shape index (κ2) is 14.0. The van der Waals surface area contributed by atoms with Crippen molar-refractivity contribution in [3.8, 4) is 28.0 Å². The van der Waals surface area contributed by atoms with Crippen molar-refractivity contribution in [3.05, 3.63) is 138 Å². The molecular weight excluding hydrogens is 534 g/mol. The summed E-state index contributed by atoms with van der Waals surface area (Å²) in [6.07, 6.45) is 8.56. The summed E-state index contributed by atoms with van der Waals surface area (Å²) >= 11 is 0. The summed E-state index contributed by atoms with van der Waals surface area (Å²) in [4.78, 5) is 2.22. The highest BCUT2D eigenvalue weighted by Gasteiger charge is 2.14. The maximum Gasteiger partial charge on any atom is 0.120 e. The Kier molecular flexibility index (Phi) is 9.46. The lowest BCUT2D eigenvalue weighted by Crippen LogP contribution is -2.12. The van der Waals surface area contributed by atoms with Crippen LogP contribution in [0.5, 0.6) is 5.75 Å². The minimum Gasteiger partial charge on any atom is -0.493 e. The number of unbranched alkanes of at least 4 members (excludes halogenated alkanes) is 1. The van der Waals surface area contributed by atoms with Gasteiger partial charge in [-0.25, -0.2) is 0 Å².